The van der Waals surface area contributed by atoms with Crippen molar-refractivity contribution in [3.8, 4) is 5.69 Å². The molecule has 146 valence electrons. The molecule has 0 spiro atoms. The Kier molecular flexibility index (Phi) is 5.77. The highest BCUT2D eigenvalue weighted by atomic mass is 19.4. The third-order valence-corrected chi connectivity index (χ3v) is 3.69. The number of anilines is 1. The molecule has 0 bridgehead atoms. The van der Waals surface area contributed by atoms with Crippen LogP contribution in [0.15, 0.2) is 36.7 Å². The number of carbonyl (C=O) groups excluding carboxylic acids is 1. The van der Waals surface area contributed by atoms with Crippen LogP contribution >= 0.6 is 0 Å². The van der Waals surface area contributed by atoms with E-state index < -0.39 is 29.3 Å². The fourth-order valence-electron chi connectivity index (χ4n) is 2.30. The fraction of sp³-hybridized carbons (Fsp3) is 0.353. The molecule has 7 nitrogen and oxygen atoms in total. The van der Waals surface area contributed by atoms with Gasteiger partial charge in [-0.15, -0.1) is 0 Å². The van der Waals surface area contributed by atoms with Crippen molar-refractivity contribution in [1.29, 1.82) is 0 Å². The molecule has 1 aromatic carbocycles. The van der Waals surface area contributed by atoms with Gasteiger partial charge in [0.1, 0.15) is 0 Å². The molecule has 0 atom stereocenters. The van der Waals surface area contributed by atoms with Crippen molar-refractivity contribution >= 4 is 17.7 Å². The molecule has 0 aliphatic rings. The molecule has 3 N–H and O–H groups in total. The van der Waals surface area contributed by atoms with Gasteiger partial charge in [-0.25, -0.2) is 9.48 Å². The summed E-state index contributed by atoms with van der Waals surface area (Å²) in [5, 5.41) is 17.8. The maximum Gasteiger partial charge on any atom is 0.416 e. The molecule has 0 unspecified atom stereocenters. The van der Waals surface area contributed by atoms with Gasteiger partial charge < -0.3 is 15.7 Å². The van der Waals surface area contributed by atoms with Gasteiger partial charge in [-0.3, -0.25) is 4.79 Å². The molecule has 2 aromatic rings. The maximum atomic E-state index is 12.8. The first kappa shape index (κ1) is 20.3. The number of carboxylic acid groups (broad SMARTS) is 1. The Morgan fingerprint density at radius 1 is 1.26 bits per heavy atom. The van der Waals surface area contributed by atoms with E-state index in [1.807, 2.05) is 0 Å². The Morgan fingerprint density at radius 3 is 2.59 bits per heavy atom. The molecule has 0 aliphatic heterocycles. The second-order valence-electron chi connectivity index (χ2n) is 6.58. The molecule has 2 amide bonds. The smallest absolute Gasteiger partial charge is 0.416 e. The van der Waals surface area contributed by atoms with Crippen LogP contribution in [0.5, 0.6) is 0 Å². The number of nitrogens with zero attached hydrogens (tertiary/aromatic N) is 2. The topological polar surface area (TPSA) is 96.2 Å². The standard InChI is InChI=1S/C17H19F3N4O3/c1-16(2,7-6-14(25)26)23-15(27)22-12-9-21-24(10-12)13-5-3-4-11(8-13)17(18,19)20/h3-5,8-10H,6-7H2,1-2H3,(H,25,26)(H2,22,23,27). The molecular weight excluding hydrogens is 365 g/mol. The van der Waals surface area contributed by atoms with Crippen molar-refractivity contribution in [1.82, 2.24) is 15.1 Å². The van der Waals surface area contributed by atoms with E-state index in [0.29, 0.717) is 0 Å². The van der Waals surface area contributed by atoms with E-state index in [-0.39, 0.29) is 24.2 Å². The largest absolute Gasteiger partial charge is 0.481 e. The van der Waals surface area contributed by atoms with E-state index in [1.54, 1.807) is 13.8 Å². The average Bonchev–Trinajstić information content (AvgIpc) is 3.00. The number of hydrogen-bond donors (Lipinski definition) is 3. The first-order chi connectivity index (χ1) is 12.5. The third kappa shape index (κ3) is 6.01. The molecule has 0 aliphatic carbocycles. The van der Waals surface area contributed by atoms with Crippen LogP contribution in [0.3, 0.4) is 0 Å². The third-order valence-electron chi connectivity index (χ3n) is 3.69. The SMILES string of the molecule is CC(C)(CCC(=O)O)NC(=O)Nc1cnn(-c2cccc(C(F)(F)F)c2)c1. The minimum Gasteiger partial charge on any atom is -0.481 e. The van der Waals surface area contributed by atoms with E-state index in [9.17, 15) is 22.8 Å². The Morgan fingerprint density at radius 2 is 1.96 bits per heavy atom. The second kappa shape index (κ2) is 7.68. The number of nitrogens with one attached hydrogen (secondary N) is 2. The molecule has 2 rings (SSSR count). The van der Waals surface area contributed by atoms with E-state index in [1.165, 1.54) is 29.2 Å². The summed E-state index contributed by atoms with van der Waals surface area (Å²) in [6.45, 7) is 3.36. The number of rotatable bonds is 6. The normalized spacial score (nSPS) is 11.9. The van der Waals surface area contributed by atoms with Crippen LogP contribution in [0.25, 0.3) is 5.69 Å². The molecule has 0 fully saturated rings. The number of carbonyl (C=O) groups is 2. The van der Waals surface area contributed by atoms with Crippen LogP contribution in [-0.4, -0.2) is 32.4 Å². The van der Waals surface area contributed by atoms with Gasteiger partial charge in [0.05, 0.1) is 29.3 Å². The van der Waals surface area contributed by atoms with E-state index >= 15 is 0 Å². The van der Waals surface area contributed by atoms with Gasteiger partial charge >= 0.3 is 18.2 Å². The lowest BCUT2D eigenvalue weighted by molar-refractivity contribution is -0.138. The van der Waals surface area contributed by atoms with Crippen LogP contribution < -0.4 is 10.6 Å². The summed E-state index contributed by atoms with van der Waals surface area (Å²) >= 11 is 0. The number of urea groups is 1. The van der Waals surface area contributed by atoms with E-state index in [4.69, 9.17) is 5.11 Å². The Bertz CT molecular complexity index is 831. The summed E-state index contributed by atoms with van der Waals surface area (Å²) in [7, 11) is 0. The number of carboxylic acids is 1. The molecule has 0 saturated heterocycles. The molecular formula is C17H19F3N4O3. The van der Waals surface area contributed by atoms with Gasteiger partial charge in [-0.05, 0) is 38.5 Å². The minimum absolute atomic E-state index is 0.0965. The van der Waals surface area contributed by atoms with Crippen LogP contribution in [0.1, 0.15) is 32.3 Å². The summed E-state index contributed by atoms with van der Waals surface area (Å²) in [4.78, 5) is 22.7. The zero-order valence-electron chi connectivity index (χ0n) is 14.7. The minimum atomic E-state index is -4.47. The van der Waals surface area contributed by atoms with Gasteiger partial charge in [0.2, 0.25) is 0 Å². The molecule has 1 aromatic heterocycles. The first-order valence-electron chi connectivity index (χ1n) is 7.99. The van der Waals surface area contributed by atoms with Gasteiger partial charge in [-0.2, -0.15) is 18.3 Å². The van der Waals surface area contributed by atoms with E-state index in [0.717, 1.165) is 12.1 Å². The molecule has 0 saturated carbocycles. The number of alkyl halides is 3. The maximum absolute atomic E-state index is 12.8. The fourth-order valence-corrected chi connectivity index (χ4v) is 2.30. The monoisotopic (exact) mass is 384 g/mol. The van der Waals surface area contributed by atoms with Gasteiger partial charge in [-0.1, -0.05) is 6.07 Å². The first-order valence-corrected chi connectivity index (χ1v) is 7.99. The number of halogens is 3. The zero-order chi connectivity index (χ0) is 20.2. The summed E-state index contributed by atoms with van der Waals surface area (Å²) in [5.74, 6) is -0.965. The summed E-state index contributed by atoms with van der Waals surface area (Å²) in [6, 6.07) is 4.06. The number of aliphatic carboxylic acids is 1. The van der Waals surface area contributed by atoms with Crippen LogP contribution in [0.4, 0.5) is 23.7 Å². The van der Waals surface area contributed by atoms with Crippen molar-refractivity contribution in [2.75, 3.05) is 5.32 Å². The number of aromatic nitrogens is 2. The van der Waals surface area contributed by atoms with Crippen molar-refractivity contribution in [2.24, 2.45) is 0 Å². The van der Waals surface area contributed by atoms with Gasteiger partial charge in [0.15, 0.2) is 0 Å². The lowest BCUT2D eigenvalue weighted by atomic mass is 9.99. The molecule has 1 heterocycles. The van der Waals surface area contributed by atoms with Crippen molar-refractivity contribution in [3.05, 3.63) is 42.2 Å². The number of amides is 2. The van der Waals surface area contributed by atoms with Crippen LogP contribution in [0, 0.1) is 0 Å². The number of benzene rings is 1. The molecule has 10 heteroatoms. The number of hydrogen-bond acceptors (Lipinski definition) is 3. The van der Waals surface area contributed by atoms with Crippen molar-refractivity contribution in [2.45, 2.75) is 38.4 Å². The molecule has 27 heavy (non-hydrogen) atoms. The highest BCUT2D eigenvalue weighted by molar-refractivity contribution is 5.89. The van der Waals surface area contributed by atoms with Gasteiger partial charge in [0.25, 0.3) is 0 Å². The summed E-state index contributed by atoms with van der Waals surface area (Å²) < 4.78 is 39.6. The van der Waals surface area contributed by atoms with Crippen LogP contribution in [0.2, 0.25) is 0 Å². The lowest BCUT2D eigenvalue weighted by Gasteiger charge is -2.25. The lowest BCUT2D eigenvalue weighted by Crippen LogP contribution is -2.45. The van der Waals surface area contributed by atoms with Crippen molar-refractivity contribution in [3.63, 3.8) is 0 Å². The highest BCUT2D eigenvalue weighted by Crippen LogP contribution is 2.30. The predicted molar refractivity (Wildman–Crippen MR) is 91.7 cm³/mol. The summed E-state index contributed by atoms with van der Waals surface area (Å²) in [6.07, 6.45) is -1.66. The molecule has 0 radical (unpaired) electrons. The summed E-state index contributed by atoms with van der Waals surface area (Å²) in [5.41, 5.74) is -1.08. The quantitative estimate of drug-likeness (QED) is 0.708. The zero-order valence-corrected chi connectivity index (χ0v) is 14.7. The Balaban J connectivity index is 2.04. The predicted octanol–water partition coefficient (Wildman–Crippen LogP) is 3.66. The second-order valence-corrected chi connectivity index (χ2v) is 6.58. The van der Waals surface area contributed by atoms with Crippen LogP contribution in [-0.2, 0) is 11.0 Å². The van der Waals surface area contributed by atoms with Crippen molar-refractivity contribution < 1.29 is 27.9 Å². The average molecular weight is 384 g/mol. The van der Waals surface area contributed by atoms with E-state index in [2.05, 4.69) is 15.7 Å². The Labute approximate surface area is 153 Å². The van der Waals surface area contributed by atoms with Gasteiger partial charge in [0, 0.05) is 12.0 Å². The highest BCUT2D eigenvalue weighted by Gasteiger charge is 2.30. The Hall–Kier alpha value is -3.04.